The number of amides is 2. The molecule has 3 N–H and O–H groups in total. The number of ether oxygens (including phenoxy) is 2. The fourth-order valence-electron chi connectivity index (χ4n) is 3.34. The van der Waals surface area contributed by atoms with E-state index in [2.05, 4.69) is 29.8 Å². The first-order valence-corrected chi connectivity index (χ1v) is 11.7. The number of benzene rings is 2. The zero-order valence-electron chi connectivity index (χ0n) is 19.1. The molecule has 1 fully saturated rings. The van der Waals surface area contributed by atoms with Gasteiger partial charge in [0.15, 0.2) is 5.11 Å². The SMILES string of the molecule is CC(C)CCOc1ccccc1C(=O)NC(=S)Nc1ccc(C(=O)NCC2CCCO2)cc1. The van der Waals surface area contributed by atoms with Gasteiger partial charge in [-0.25, -0.2) is 0 Å². The van der Waals surface area contributed by atoms with Crippen LogP contribution in [0.5, 0.6) is 5.75 Å². The molecule has 0 bridgehead atoms. The van der Waals surface area contributed by atoms with Crippen LogP contribution in [0.1, 0.15) is 53.8 Å². The molecule has 1 saturated heterocycles. The van der Waals surface area contributed by atoms with Crippen molar-refractivity contribution in [2.75, 3.05) is 25.1 Å². The van der Waals surface area contributed by atoms with E-state index in [-0.39, 0.29) is 23.0 Å². The summed E-state index contributed by atoms with van der Waals surface area (Å²) in [6.07, 6.45) is 3.01. The molecule has 1 unspecified atom stereocenters. The number of carbonyl (C=O) groups is 2. The van der Waals surface area contributed by atoms with Crippen molar-refractivity contribution in [1.29, 1.82) is 0 Å². The first-order valence-electron chi connectivity index (χ1n) is 11.3. The summed E-state index contributed by atoms with van der Waals surface area (Å²) < 4.78 is 11.3. The zero-order valence-corrected chi connectivity index (χ0v) is 19.9. The van der Waals surface area contributed by atoms with Crippen LogP contribution in [0.25, 0.3) is 0 Å². The van der Waals surface area contributed by atoms with E-state index in [0.29, 0.717) is 41.6 Å². The van der Waals surface area contributed by atoms with Gasteiger partial charge in [-0.15, -0.1) is 0 Å². The molecule has 1 aliphatic heterocycles. The van der Waals surface area contributed by atoms with Crippen LogP contribution in [-0.4, -0.2) is 42.8 Å². The van der Waals surface area contributed by atoms with Crippen molar-refractivity contribution in [2.45, 2.75) is 39.2 Å². The van der Waals surface area contributed by atoms with Crippen LogP contribution < -0.4 is 20.7 Å². The minimum Gasteiger partial charge on any atom is -0.493 e. The maximum absolute atomic E-state index is 12.7. The van der Waals surface area contributed by atoms with Gasteiger partial charge < -0.3 is 20.1 Å². The molecule has 8 heteroatoms. The molecule has 7 nitrogen and oxygen atoms in total. The van der Waals surface area contributed by atoms with Gasteiger partial charge in [-0.05, 0) is 73.8 Å². The van der Waals surface area contributed by atoms with Crippen molar-refractivity contribution < 1.29 is 19.1 Å². The Kier molecular flexibility index (Phi) is 9.21. The molecule has 0 aliphatic carbocycles. The highest BCUT2D eigenvalue weighted by Gasteiger charge is 2.17. The van der Waals surface area contributed by atoms with Gasteiger partial charge in [-0.2, -0.15) is 0 Å². The van der Waals surface area contributed by atoms with Crippen LogP contribution in [0.2, 0.25) is 0 Å². The first-order chi connectivity index (χ1) is 15.9. The lowest BCUT2D eigenvalue weighted by atomic mass is 10.1. The van der Waals surface area contributed by atoms with Crippen molar-refractivity contribution in [3.63, 3.8) is 0 Å². The molecule has 2 amide bonds. The van der Waals surface area contributed by atoms with Crippen LogP contribution in [0.4, 0.5) is 5.69 Å². The highest BCUT2D eigenvalue weighted by molar-refractivity contribution is 7.80. The minimum atomic E-state index is -0.349. The lowest BCUT2D eigenvalue weighted by Crippen LogP contribution is -2.34. The van der Waals surface area contributed by atoms with Gasteiger partial charge in [-0.1, -0.05) is 26.0 Å². The van der Waals surface area contributed by atoms with Crippen LogP contribution in [0.15, 0.2) is 48.5 Å². The third-order valence-electron chi connectivity index (χ3n) is 5.23. The summed E-state index contributed by atoms with van der Waals surface area (Å²) >= 11 is 5.29. The van der Waals surface area contributed by atoms with Gasteiger partial charge >= 0.3 is 0 Å². The second-order valence-corrected chi connectivity index (χ2v) is 8.77. The third kappa shape index (κ3) is 7.83. The Bertz CT molecular complexity index is 956. The number of hydrogen-bond donors (Lipinski definition) is 3. The molecule has 1 aliphatic rings. The second kappa shape index (κ2) is 12.3. The van der Waals surface area contributed by atoms with Crippen LogP contribution in [0.3, 0.4) is 0 Å². The molecule has 176 valence electrons. The van der Waals surface area contributed by atoms with Gasteiger partial charge in [0.1, 0.15) is 5.75 Å². The summed E-state index contributed by atoms with van der Waals surface area (Å²) in [4.78, 5) is 25.0. The Labute approximate surface area is 200 Å². The lowest BCUT2D eigenvalue weighted by molar-refractivity contribution is 0.0857. The standard InChI is InChI=1S/C25H31N3O4S/c1-17(2)13-15-32-22-8-4-3-7-21(22)24(30)28-25(33)27-19-11-9-18(10-12-19)23(29)26-16-20-6-5-14-31-20/h3-4,7-12,17,20H,5-6,13-16H2,1-2H3,(H,26,29)(H2,27,28,30,33). The Hall–Kier alpha value is -2.97. The summed E-state index contributed by atoms with van der Waals surface area (Å²) in [7, 11) is 0. The molecule has 1 heterocycles. The van der Waals surface area contributed by atoms with E-state index >= 15 is 0 Å². The molecule has 2 aromatic rings. The van der Waals surface area contributed by atoms with Crippen LogP contribution in [-0.2, 0) is 4.74 Å². The predicted molar refractivity (Wildman–Crippen MR) is 133 cm³/mol. The third-order valence-corrected chi connectivity index (χ3v) is 5.43. The van der Waals surface area contributed by atoms with Crippen molar-refractivity contribution in [3.8, 4) is 5.75 Å². The topological polar surface area (TPSA) is 88.7 Å². The van der Waals surface area contributed by atoms with E-state index in [4.69, 9.17) is 21.7 Å². The van der Waals surface area contributed by atoms with E-state index in [0.717, 1.165) is 25.9 Å². The molecule has 33 heavy (non-hydrogen) atoms. The van der Waals surface area contributed by atoms with Crippen molar-refractivity contribution in [3.05, 3.63) is 59.7 Å². The van der Waals surface area contributed by atoms with Gasteiger partial charge in [0.25, 0.3) is 11.8 Å². The van der Waals surface area contributed by atoms with Gasteiger partial charge in [0.2, 0.25) is 0 Å². The molecule has 0 radical (unpaired) electrons. The summed E-state index contributed by atoms with van der Waals surface area (Å²) in [5.74, 6) is 0.540. The van der Waals surface area contributed by atoms with E-state index < -0.39 is 0 Å². The van der Waals surface area contributed by atoms with Crippen molar-refractivity contribution in [2.24, 2.45) is 5.92 Å². The van der Waals surface area contributed by atoms with E-state index in [9.17, 15) is 9.59 Å². The van der Waals surface area contributed by atoms with E-state index in [1.807, 2.05) is 6.07 Å². The molecule has 3 rings (SSSR count). The average molecular weight is 470 g/mol. The fraction of sp³-hybridized carbons (Fsp3) is 0.400. The summed E-state index contributed by atoms with van der Waals surface area (Å²) in [6.45, 7) is 6.05. The Morgan fingerprint density at radius 1 is 1.12 bits per heavy atom. The average Bonchev–Trinajstić information content (AvgIpc) is 3.31. The molecule has 0 aromatic heterocycles. The minimum absolute atomic E-state index is 0.0987. The molecular weight excluding hydrogens is 438 g/mol. The highest BCUT2D eigenvalue weighted by atomic mass is 32.1. The van der Waals surface area contributed by atoms with E-state index in [1.54, 1.807) is 42.5 Å². The monoisotopic (exact) mass is 469 g/mol. The Balaban J connectivity index is 1.50. The maximum Gasteiger partial charge on any atom is 0.261 e. The van der Waals surface area contributed by atoms with Gasteiger partial charge in [0.05, 0.1) is 18.3 Å². The highest BCUT2D eigenvalue weighted by Crippen LogP contribution is 2.19. The molecule has 0 saturated carbocycles. The number of carbonyl (C=O) groups excluding carboxylic acids is 2. The van der Waals surface area contributed by atoms with Crippen LogP contribution >= 0.6 is 12.2 Å². The predicted octanol–water partition coefficient (Wildman–Crippen LogP) is 4.15. The van der Waals surface area contributed by atoms with Gasteiger partial charge in [-0.3, -0.25) is 14.9 Å². The molecule has 2 aromatic carbocycles. The number of thiocarbonyl (C=S) groups is 1. The van der Waals surface area contributed by atoms with E-state index in [1.165, 1.54) is 0 Å². The number of rotatable bonds is 9. The number of anilines is 1. The summed E-state index contributed by atoms with van der Waals surface area (Å²) in [5, 5.41) is 8.70. The Morgan fingerprint density at radius 2 is 1.88 bits per heavy atom. The molecular formula is C25H31N3O4S. The fourth-order valence-corrected chi connectivity index (χ4v) is 3.55. The number of hydrogen-bond acceptors (Lipinski definition) is 5. The zero-order chi connectivity index (χ0) is 23.6. The molecule has 1 atom stereocenters. The van der Waals surface area contributed by atoms with Crippen molar-refractivity contribution in [1.82, 2.24) is 10.6 Å². The van der Waals surface area contributed by atoms with Crippen molar-refractivity contribution >= 4 is 34.8 Å². The quantitative estimate of drug-likeness (QED) is 0.478. The Morgan fingerprint density at radius 3 is 2.58 bits per heavy atom. The largest absolute Gasteiger partial charge is 0.493 e. The smallest absolute Gasteiger partial charge is 0.261 e. The lowest BCUT2D eigenvalue weighted by Gasteiger charge is -2.14. The number of nitrogens with one attached hydrogen (secondary N) is 3. The second-order valence-electron chi connectivity index (χ2n) is 8.36. The van der Waals surface area contributed by atoms with Crippen LogP contribution in [0, 0.1) is 5.92 Å². The summed E-state index contributed by atoms with van der Waals surface area (Å²) in [6, 6.07) is 14.0. The first kappa shape index (κ1) is 24.7. The normalized spacial score (nSPS) is 15.2. The number of para-hydroxylation sites is 1. The summed E-state index contributed by atoms with van der Waals surface area (Å²) in [5.41, 5.74) is 1.63. The maximum atomic E-state index is 12.7. The van der Waals surface area contributed by atoms with Gasteiger partial charge in [0, 0.05) is 24.4 Å². The molecule has 0 spiro atoms.